The number of carbonyl (C=O) groups is 2. The fourth-order valence-corrected chi connectivity index (χ4v) is 1.00. The fourth-order valence-electron chi connectivity index (χ4n) is 1.00. The van der Waals surface area contributed by atoms with Crippen LogP contribution in [0.1, 0.15) is 32.6 Å². The minimum atomic E-state index is -0.381. The molecule has 0 spiro atoms. The number of hydrogen-bond donors (Lipinski definition) is 2. The molecule has 0 bridgehead atoms. The maximum atomic E-state index is 11.1. The van der Waals surface area contributed by atoms with Crippen LogP contribution >= 0.6 is 0 Å². The number of unbranched alkanes of at least 4 members (excludes halogenated alkanes) is 2. The monoisotopic (exact) mass is 315 g/mol. The van der Waals surface area contributed by atoms with E-state index < -0.39 is 0 Å². The van der Waals surface area contributed by atoms with Gasteiger partial charge < -0.3 is 11.1 Å². The van der Waals surface area contributed by atoms with Crippen LogP contribution in [-0.2, 0) is 14.4 Å². The zero-order valence-electron chi connectivity index (χ0n) is 10.7. The van der Waals surface area contributed by atoms with E-state index in [1.54, 1.807) is 0 Å². The number of amides is 2. The van der Waals surface area contributed by atoms with E-state index >= 15 is 0 Å². The van der Waals surface area contributed by atoms with Crippen molar-refractivity contribution >= 4 is 11.8 Å². The summed E-state index contributed by atoms with van der Waals surface area (Å²) in [7, 11) is 0. The second-order valence-electron chi connectivity index (χ2n) is 3.37. The maximum Gasteiger partial charge on any atom is 1.00 e. The Labute approximate surface area is 151 Å². The van der Waals surface area contributed by atoms with Crippen LogP contribution in [-0.4, -0.2) is 31.5 Å². The molecule has 0 radical (unpaired) electrons. The third-order valence-electron chi connectivity index (χ3n) is 1.84. The van der Waals surface area contributed by atoms with Gasteiger partial charge in [0.15, 0.2) is 6.61 Å². The van der Waals surface area contributed by atoms with E-state index in [0.29, 0.717) is 6.54 Å². The molecule has 0 unspecified atom stereocenters. The molecule has 94 valence electrons. The third-order valence-corrected chi connectivity index (χ3v) is 1.84. The summed E-state index contributed by atoms with van der Waals surface area (Å²) in [5.41, 5.74) is 8.88. The summed E-state index contributed by atoms with van der Waals surface area (Å²) in [5, 5.41) is 2.67. The molecule has 0 aliphatic rings. The summed E-state index contributed by atoms with van der Waals surface area (Å²) in [6.45, 7) is 2.55. The first-order chi connectivity index (χ1) is 7.70. The fraction of sp³-hybridized carbons (Fsp3) is 0.800. The average molecular weight is 316 g/mol. The van der Waals surface area contributed by atoms with Gasteiger partial charge in [-0.1, -0.05) is 19.8 Å². The van der Waals surface area contributed by atoms with Gasteiger partial charge in [0.2, 0.25) is 11.8 Å². The van der Waals surface area contributed by atoms with Gasteiger partial charge in [-0.25, -0.2) is 5.48 Å². The zero-order chi connectivity index (χ0) is 12.2. The Balaban J connectivity index is 0. The van der Waals surface area contributed by atoms with Crippen molar-refractivity contribution in [2.24, 2.45) is 0 Å². The molecule has 17 heavy (non-hydrogen) atoms. The van der Waals surface area contributed by atoms with Gasteiger partial charge in [-0.15, -0.1) is 6.54 Å². The number of nitrogens with one attached hydrogen (secondary N) is 3. The van der Waals surface area contributed by atoms with Crippen LogP contribution in [0.4, 0.5) is 0 Å². The molecule has 0 heterocycles. The number of hydroxylamine groups is 1. The van der Waals surface area contributed by atoms with Crippen LogP contribution in [0.15, 0.2) is 0 Å². The van der Waals surface area contributed by atoms with E-state index in [4.69, 9.17) is 5.73 Å². The third kappa shape index (κ3) is 14.6. The summed E-state index contributed by atoms with van der Waals surface area (Å²) < 4.78 is 0. The first-order valence-electron chi connectivity index (χ1n) is 5.52. The van der Waals surface area contributed by atoms with Gasteiger partial charge in [0.25, 0.3) is 0 Å². The van der Waals surface area contributed by atoms with Crippen molar-refractivity contribution < 1.29 is 72.6 Å². The molecule has 3 N–H and O–H groups in total. The van der Waals surface area contributed by atoms with Gasteiger partial charge in [0.1, 0.15) is 0 Å². The Morgan fingerprint density at radius 2 is 1.94 bits per heavy atom. The van der Waals surface area contributed by atoms with Crippen LogP contribution < -0.4 is 69.0 Å². The summed E-state index contributed by atoms with van der Waals surface area (Å²) in [4.78, 5) is 26.6. The van der Waals surface area contributed by atoms with Crippen molar-refractivity contribution in [3.05, 3.63) is 5.73 Å². The van der Waals surface area contributed by atoms with E-state index in [2.05, 4.69) is 22.6 Å². The van der Waals surface area contributed by atoms with Crippen molar-refractivity contribution in [1.29, 1.82) is 0 Å². The molecule has 0 aromatic rings. The summed E-state index contributed by atoms with van der Waals surface area (Å²) in [6, 6.07) is 0. The Kier molecular flexibility index (Phi) is 17.3. The summed E-state index contributed by atoms with van der Waals surface area (Å²) >= 11 is 0. The van der Waals surface area contributed by atoms with Gasteiger partial charge in [-0.3, -0.25) is 14.4 Å². The first kappa shape index (κ1) is 20.0. The molecule has 0 aliphatic heterocycles. The second-order valence-corrected chi connectivity index (χ2v) is 3.37. The number of hydrogen-bond acceptors (Lipinski definition) is 3. The summed E-state index contributed by atoms with van der Waals surface area (Å²) in [6.07, 6.45) is 3.22. The molecule has 0 saturated carbocycles. The summed E-state index contributed by atoms with van der Waals surface area (Å²) in [5.74, 6) is -0.629. The molecule has 0 saturated heterocycles. The van der Waals surface area contributed by atoms with E-state index in [0.717, 1.165) is 19.3 Å². The molecule has 0 aromatic carbocycles. The van der Waals surface area contributed by atoms with E-state index in [9.17, 15) is 9.59 Å². The van der Waals surface area contributed by atoms with Crippen LogP contribution in [0.25, 0.3) is 5.73 Å². The zero-order valence-corrected chi connectivity index (χ0v) is 15.6. The van der Waals surface area contributed by atoms with Crippen LogP contribution in [0.2, 0.25) is 0 Å². The average Bonchev–Trinajstić information content (AvgIpc) is 2.25. The Morgan fingerprint density at radius 3 is 2.53 bits per heavy atom. The minimum Gasteiger partial charge on any atom is -0.677 e. The smallest absolute Gasteiger partial charge is 0.677 e. The normalized spacial score (nSPS) is 9.29. The van der Waals surface area contributed by atoms with Gasteiger partial charge in [-0.2, -0.15) is 0 Å². The molecule has 6 nitrogen and oxygen atoms in total. The Bertz CT molecular complexity index is 215. The van der Waals surface area contributed by atoms with Crippen LogP contribution in [0.3, 0.4) is 0 Å². The van der Waals surface area contributed by atoms with Gasteiger partial charge in [-0.05, 0) is 6.42 Å². The Hall–Kier alpha value is 0.665. The molecule has 0 aromatic heterocycles. The van der Waals surface area contributed by atoms with E-state index in [1.807, 2.05) is 0 Å². The first-order valence-corrected chi connectivity index (χ1v) is 5.52. The van der Waals surface area contributed by atoms with Crippen molar-refractivity contribution in [3.8, 4) is 0 Å². The maximum absolute atomic E-state index is 11.1. The standard InChI is InChI=1S/C10H20N3O3.Rb/c1-2-3-4-7-12-10(15)8-16-13-9(14)5-6-11;/h11H,2-8H2,1H3,(H,12,15)(H,13,14);/q-1;+1. The molecular formula is C10H20N3O3Rb. The van der Waals surface area contributed by atoms with Crippen molar-refractivity contribution in [2.45, 2.75) is 32.6 Å². The predicted molar refractivity (Wildman–Crippen MR) is 60.4 cm³/mol. The van der Waals surface area contributed by atoms with Crippen LogP contribution in [0, 0.1) is 0 Å². The molecule has 0 rings (SSSR count). The van der Waals surface area contributed by atoms with Crippen LogP contribution in [0.5, 0.6) is 0 Å². The SMILES string of the molecule is CCCCCNC(=O)CONC(=O)CC[NH-].[Rb+]. The Morgan fingerprint density at radius 1 is 1.24 bits per heavy atom. The van der Waals surface area contributed by atoms with E-state index in [-0.39, 0.29) is 89.6 Å². The van der Waals surface area contributed by atoms with Gasteiger partial charge in [0, 0.05) is 13.0 Å². The molecule has 7 heteroatoms. The number of rotatable bonds is 9. The van der Waals surface area contributed by atoms with Gasteiger partial charge in [0.05, 0.1) is 0 Å². The quantitative estimate of drug-likeness (QED) is 0.373. The topological polar surface area (TPSA) is 91.2 Å². The van der Waals surface area contributed by atoms with Crippen molar-refractivity contribution in [1.82, 2.24) is 10.8 Å². The molecule has 2 amide bonds. The molecule has 0 atom stereocenters. The molecular weight excluding hydrogens is 296 g/mol. The van der Waals surface area contributed by atoms with Gasteiger partial charge >= 0.3 is 58.2 Å². The minimum absolute atomic E-state index is 0. The largest absolute Gasteiger partial charge is 1.00 e. The second kappa shape index (κ2) is 14.7. The number of carbonyl (C=O) groups excluding carboxylic acids is 2. The van der Waals surface area contributed by atoms with Crippen molar-refractivity contribution in [3.63, 3.8) is 0 Å². The van der Waals surface area contributed by atoms with Crippen molar-refractivity contribution in [2.75, 3.05) is 19.7 Å². The molecule has 0 aliphatic carbocycles. The molecule has 0 fully saturated rings. The van der Waals surface area contributed by atoms with E-state index in [1.165, 1.54) is 0 Å². The predicted octanol–water partition coefficient (Wildman–Crippen LogP) is -2.21.